The number of methoxy groups -OCH3 is 2. The van der Waals surface area contributed by atoms with Gasteiger partial charge in [-0.25, -0.2) is 0 Å². The van der Waals surface area contributed by atoms with E-state index in [4.69, 9.17) is 9.47 Å². The number of phenolic OH excluding ortho intramolecular Hbond substituents is 1. The monoisotopic (exact) mass is 329 g/mol. The smallest absolute Gasteiger partial charge is 0.160 e. The van der Waals surface area contributed by atoms with Crippen molar-refractivity contribution in [2.45, 2.75) is 18.9 Å². The molecule has 1 heterocycles. The summed E-state index contributed by atoms with van der Waals surface area (Å²) >= 11 is 0. The van der Waals surface area contributed by atoms with Crippen LogP contribution in [-0.4, -0.2) is 42.6 Å². The zero-order chi connectivity index (χ0) is 17.1. The molecule has 0 spiro atoms. The van der Waals surface area contributed by atoms with Crippen molar-refractivity contribution in [1.29, 1.82) is 0 Å². The number of aliphatic hydroxyl groups excluding tert-OH is 1. The van der Waals surface area contributed by atoms with Crippen LogP contribution in [0.25, 0.3) is 0 Å². The van der Waals surface area contributed by atoms with Gasteiger partial charge in [0.05, 0.1) is 21.0 Å². The lowest BCUT2D eigenvalue weighted by molar-refractivity contribution is 0.0606. The molecular weight excluding hydrogens is 306 g/mol. The molecule has 0 bridgehead atoms. The molecule has 0 saturated heterocycles. The topological polar surface area (TPSA) is 62.2 Å². The molecule has 0 radical (unpaired) electrons. The van der Waals surface area contributed by atoms with Crippen molar-refractivity contribution in [2.24, 2.45) is 0 Å². The van der Waals surface area contributed by atoms with E-state index in [1.165, 1.54) is 18.2 Å². The minimum Gasteiger partial charge on any atom is -0.504 e. The zero-order valence-electron chi connectivity index (χ0n) is 14.0. The molecule has 5 heteroatoms. The van der Waals surface area contributed by atoms with Gasteiger partial charge in [0.15, 0.2) is 11.5 Å². The number of phenols is 1. The van der Waals surface area contributed by atoms with Crippen LogP contribution in [0.1, 0.15) is 22.7 Å². The fourth-order valence-corrected chi connectivity index (χ4v) is 3.36. The molecule has 1 unspecified atom stereocenters. The summed E-state index contributed by atoms with van der Waals surface area (Å²) in [5.41, 5.74) is 3.45. The van der Waals surface area contributed by atoms with Crippen molar-refractivity contribution >= 4 is 0 Å². The summed E-state index contributed by atoms with van der Waals surface area (Å²) < 4.78 is 10.4. The van der Waals surface area contributed by atoms with E-state index in [1.807, 2.05) is 12.1 Å². The van der Waals surface area contributed by atoms with Crippen LogP contribution in [0.2, 0.25) is 0 Å². The molecule has 0 fully saturated rings. The SMILES string of the molecule is COc1ccc2c(c1)CCN(CO)C2Cc1ccc(OC)c(O)c1. The van der Waals surface area contributed by atoms with Crippen LogP contribution in [0, 0.1) is 0 Å². The van der Waals surface area contributed by atoms with Crippen molar-refractivity contribution in [3.63, 3.8) is 0 Å². The molecule has 0 saturated carbocycles. The van der Waals surface area contributed by atoms with Crippen molar-refractivity contribution in [3.05, 3.63) is 53.1 Å². The van der Waals surface area contributed by atoms with E-state index in [9.17, 15) is 10.2 Å². The Kier molecular flexibility index (Phi) is 4.92. The van der Waals surface area contributed by atoms with Crippen LogP contribution in [-0.2, 0) is 12.8 Å². The molecule has 2 aromatic rings. The normalized spacial score (nSPS) is 17.4. The molecule has 24 heavy (non-hydrogen) atoms. The third-order valence-electron chi connectivity index (χ3n) is 4.67. The van der Waals surface area contributed by atoms with Gasteiger partial charge in [0.25, 0.3) is 0 Å². The average molecular weight is 329 g/mol. The molecule has 1 atom stereocenters. The van der Waals surface area contributed by atoms with Crippen molar-refractivity contribution in [2.75, 3.05) is 27.5 Å². The second-order valence-corrected chi connectivity index (χ2v) is 5.99. The summed E-state index contributed by atoms with van der Waals surface area (Å²) in [4.78, 5) is 2.05. The highest BCUT2D eigenvalue weighted by atomic mass is 16.5. The maximum atomic E-state index is 10.0. The second-order valence-electron chi connectivity index (χ2n) is 5.99. The maximum Gasteiger partial charge on any atom is 0.160 e. The first-order chi connectivity index (χ1) is 11.7. The standard InChI is InChI=1S/C19H23NO4/c1-23-15-4-5-16-14(11-15)7-8-20(12-21)17(16)9-13-3-6-19(24-2)18(22)10-13/h3-6,10-11,17,21-22H,7-9,12H2,1-2H3. The highest BCUT2D eigenvalue weighted by Crippen LogP contribution is 2.35. The summed E-state index contributed by atoms with van der Waals surface area (Å²) in [5, 5.41) is 19.7. The minimum absolute atomic E-state index is 0.0122. The minimum atomic E-state index is 0.0122. The van der Waals surface area contributed by atoms with Crippen LogP contribution in [0.5, 0.6) is 17.2 Å². The Morgan fingerprint density at radius 2 is 1.96 bits per heavy atom. The second kappa shape index (κ2) is 7.11. The maximum absolute atomic E-state index is 10.0. The summed E-state index contributed by atoms with van der Waals surface area (Å²) in [6, 6.07) is 11.6. The van der Waals surface area contributed by atoms with E-state index < -0.39 is 0 Å². The summed E-state index contributed by atoms with van der Waals surface area (Å²) in [6.07, 6.45) is 1.59. The van der Waals surface area contributed by atoms with Crippen molar-refractivity contribution in [3.8, 4) is 17.2 Å². The van der Waals surface area contributed by atoms with Gasteiger partial charge in [-0.2, -0.15) is 0 Å². The van der Waals surface area contributed by atoms with Crippen molar-refractivity contribution in [1.82, 2.24) is 4.90 Å². The Bertz CT molecular complexity index is 717. The van der Waals surface area contributed by atoms with Gasteiger partial charge in [-0.05, 0) is 53.8 Å². The summed E-state index contributed by atoms with van der Waals surface area (Å²) in [7, 11) is 3.20. The Labute approximate surface area is 142 Å². The Balaban J connectivity index is 1.91. The molecule has 128 valence electrons. The third kappa shape index (κ3) is 3.18. The Morgan fingerprint density at radius 1 is 1.12 bits per heavy atom. The Hall–Kier alpha value is -2.24. The highest BCUT2D eigenvalue weighted by molar-refractivity contribution is 5.44. The zero-order valence-corrected chi connectivity index (χ0v) is 14.0. The van der Waals surface area contributed by atoms with Gasteiger partial charge in [0, 0.05) is 12.6 Å². The fraction of sp³-hybridized carbons (Fsp3) is 0.368. The molecule has 2 N–H and O–H groups in total. The number of benzene rings is 2. The van der Waals surface area contributed by atoms with E-state index in [0.717, 1.165) is 24.3 Å². The summed E-state index contributed by atoms with van der Waals surface area (Å²) in [6.45, 7) is 0.807. The van der Waals surface area contributed by atoms with E-state index in [2.05, 4.69) is 17.0 Å². The lowest BCUT2D eigenvalue weighted by atomic mass is 9.88. The molecule has 3 rings (SSSR count). The predicted molar refractivity (Wildman–Crippen MR) is 91.6 cm³/mol. The number of hydrogen-bond acceptors (Lipinski definition) is 5. The number of rotatable bonds is 5. The number of aromatic hydroxyl groups is 1. The van der Waals surface area contributed by atoms with E-state index in [0.29, 0.717) is 12.2 Å². The van der Waals surface area contributed by atoms with Gasteiger partial charge < -0.3 is 19.7 Å². The Morgan fingerprint density at radius 3 is 2.62 bits per heavy atom. The van der Waals surface area contributed by atoms with Gasteiger partial charge in [-0.1, -0.05) is 12.1 Å². The van der Waals surface area contributed by atoms with E-state index in [1.54, 1.807) is 19.2 Å². The van der Waals surface area contributed by atoms with Crippen LogP contribution in [0.4, 0.5) is 0 Å². The molecule has 1 aliphatic rings. The average Bonchev–Trinajstić information content (AvgIpc) is 2.61. The first-order valence-electron chi connectivity index (χ1n) is 8.04. The van der Waals surface area contributed by atoms with Gasteiger partial charge in [-0.3, -0.25) is 4.90 Å². The van der Waals surface area contributed by atoms with Crippen LogP contribution in [0.15, 0.2) is 36.4 Å². The number of fused-ring (bicyclic) bond motifs is 1. The first-order valence-corrected chi connectivity index (χ1v) is 8.04. The van der Waals surface area contributed by atoms with Crippen LogP contribution < -0.4 is 9.47 Å². The lowest BCUT2D eigenvalue weighted by Gasteiger charge is -2.36. The molecule has 1 aliphatic heterocycles. The van der Waals surface area contributed by atoms with Crippen LogP contribution in [0.3, 0.4) is 0 Å². The molecule has 0 aromatic heterocycles. The molecule has 5 nitrogen and oxygen atoms in total. The number of aliphatic hydroxyl groups is 1. The highest BCUT2D eigenvalue weighted by Gasteiger charge is 2.27. The predicted octanol–water partition coefficient (Wildman–Crippen LogP) is 2.50. The first kappa shape index (κ1) is 16.6. The third-order valence-corrected chi connectivity index (χ3v) is 4.67. The molecule has 2 aromatic carbocycles. The summed E-state index contributed by atoms with van der Waals surface area (Å²) in [5.74, 6) is 1.45. The van der Waals surface area contributed by atoms with Gasteiger partial charge >= 0.3 is 0 Å². The molecular formula is C19H23NO4. The number of nitrogens with zero attached hydrogens (tertiary/aromatic N) is 1. The molecule has 0 amide bonds. The van der Waals surface area contributed by atoms with Gasteiger partial charge in [0.2, 0.25) is 0 Å². The lowest BCUT2D eigenvalue weighted by Crippen LogP contribution is -2.37. The van der Waals surface area contributed by atoms with E-state index in [-0.39, 0.29) is 18.5 Å². The quantitative estimate of drug-likeness (QED) is 0.882. The van der Waals surface area contributed by atoms with E-state index >= 15 is 0 Å². The van der Waals surface area contributed by atoms with Crippen LogP contribution >= 0.6 is 0 Å². The number of ether oxygens (including phenoxy) is 2. The fourth-order valence-electron chi connectivity index (χ4n) is 3.36. The molecule has 0 aliphatic carbocycles. The van der Waals surface area contributed by atoms with Gasteiger partial charge in [0.1, 0.15) is 5.75 Å². The van der Waals surface area contributed by atoms with Crippen molar-refractivity contribution < 1.29 is 19.7 Å². The largest absolute Gasteiger partial charge is 0.504 e. The number of hydrogen-bond donors (Lipinski definition) is 2. The van der Waals surface area contributed by atoms with Gasteiger partial charge in [-0.15, -0.1) is 0 Å².